The molecule has 0 aromatic heterocycles. The Morgan fingerprint density at radius 2 is 1.29 bits per heavy atom. The van der Waals surface area contributed by atoms with Gasteiger partial charge in [-0.1, -0.05) is 20.8 Å². The molecule has 1 N–H and O–H groups in total. The van der Waals surface area contributed by atoms with E-state index in [1.807, 2.05) is 20.8 Å². The molecule has 0 atom stereocenters. The van der Waals surface area contributed by atoms with Crippen molar-refractivity contribution in [3.05, 3.63) is 11.7 Å². The van der Waals surface area contributed by atoms with E-state index in [0.29, 0.717) is 19.8 Å². The summed E-state index contributed by atoms with van der Waals surface area (Å²) >= 11 is 0. The first-order chi connectivity index (χ1) is 8.17. The number of carboxylic acid groups (broad SMARTS) is 1. The van der Waals surface area contributed by atoms with Crippen LogP contribution in [0.3, 0.4) is 0 Å². The molecule has 0 unspecified atom stereocenters. The molecule has 5 nitrogen and oxygen atoms in total. The number of carbonyl (C=O) groups is 1. The largest absolute Gasteiger partial charge is 0.482 e. The van der Waals surface area contributed by atoms with Gasteiger partial charge in [-0.15, -0.1) is 0 Å². The van der Waals surface area contributed by atoms with Gasteiger partial charge in [-0.2, -0.15) is 0 Å². The minimum atomic E-state index is -1.17. The van der Waals surface area contributed by atoms with Crippen molar-refractivity contribution in [1.82, 2.24) is 0 Å². The SMILES string of the molecule is CCCOC(OCCC)=C(OCCC)C(=O)O. The van der Waals surface area contributed by atoms with Crippen molar-refractivity contribution in [2.45, 2.75) is 40.0 Å². The maximum absolute atomic E-state index is 11.0. The summed E-state index contributed by atoms with van der Waals surface area (Å²) in [6.45, 7) is 6.92. The Kier molecular flexibility index (Phi) is 9.01. The third kappa shape index (κ3) is 6.71. The highest BCUT2D eigenvalue weighted by Crippen LogP contribution is 2.12. The molecular weight excluding hydrogens is 224 g/mol. The van der Waals surface area contributed by atoms with E-state index in [4.69, 9.17) is 19.3 Å². The smallest absolute Gasteiger partial charge is 0.378 e. The molecule has 0 rings (SSSR count). The number of rotatable bonds is 10. The van der Waals surface area contributed by atoms with E-state index in [0.717, 1.165) is 19.3 Å². The Morgan fingerprint density at radius 1 is 0.882 bits per heavy atom. The average molecular weight is 246 g/mol. The number of hydrogen-bond acceptors (Lipinski definition) is 4. The highest BCUT2D eigenvalue weighted by Gasteiger charge is 2.19. The van der Waals surface area contributed by atoms with E-state index >= 15 is 0 Å². The Hall–Kier alpha value is -1.39. The summed E-state index contributed by atoms with van der Waals surface area (Å²) < 4.78 is 15.7. The molecule has 100 valence electrons. The third-order valence-corrected chi connectivity index (χ3v) is 1.70. The van der Waals surface area contributed by atoms with E-state index in [-0.39, 0.29) is 11.7 Å². The molecule has 0 spiro atoms. The van der Waals surface area contributed by atoms with Crippen molar-refractivity contribution in [2.24, 2.45) is 0 Å². The fraction of sp³-hybridized carbons (Fsp3) is 0.750. The first kappa shape index (κ1) is 15.6. The highest BCUT2D eigenvalue weighted by molar-refractivity contribution is 5.84. The van der Waals surface area contributed by atoms with Gasteiger partial charge in [0, 0.05) is 0 Å². The lowest BCUT2D eigenvalue weighted by molar-refractivity contribution is -0.138. The summed E-state index contributed by atoms with van der Waals surface area (Å²) in [6, 6.07) is 0. The summed E-state index contributed by atoms with van der Waals surface area (Å²) in [5.41, 5.74) is 0. The maximum atomic E-state index is 11.0. The molecule has 0 bridgehead atoms. The van der Waals surface area contributed by atoms with Crippen LogP contribution in [0.1, 0.15) is 40.0 Å². The Morgan fingerprint density at radius 3 is 1.65 bits per heavy atom. The molecule has 0 aromatic rings. The second-order valence-electron chi connectivity index (χ2n) is 3.47. The number of carboxylic acids is 1. The Labute approximate surface area is 102 Å². The van der Waals surface area contributed by atoms with Gasteiger partial charge in [-0.25, -0.2) is 4.79 Å². The fourth-order valence-electron chi connectivity index (χ4n) is 0.974. The van der Waals surface area contributed by atoms with Crippen molar-refractivity contribution in [2.75, 3.05) is 19.8 Å². The second kappa shape index (κ2) is 9.81. The van der Waals surface area contributed by atoms with Crippen molar-refractivity contribution in [3.8, 4) is 0 Å². The zero-order valence-electron chi connectivity index (χ0n) is 10.8. The van der Waals surface area contributed by atoms with Crippen LogP contribution in [0.25, 0.3) is 0 Å². The van der Waals surface area contributed by atoms with E-state index in [1.165, 1.54) is 0 Å². The van der Waals surface area contributed by atoms with Crippen LogP contribution >= 0.6 is 0 Å². The lowest BCUT2D eigenvalue weighted by Gasteiger charge is -2.14. The quantitative estimate of drug-likeness (QED) is 0.474. The van der Waals surface area contributed by atoms with Crippen molar-refractivity contribution in [1.29, 1.82) is 0 Å². The Bertz CT molecular complexity index is 237. The van der Waals surface area contributed by atoms with Gasteiger partial charge in [0.05, 0.1) is 19.8 Å². The van der Waals surface area contributed by atoms with Gasteiger partial charge in [0.2, 0.25) is 0 Å². The standard InChI is InChI=1S/C12H22O5/c1-4-7-15-10(11(13)14)12(16-8-5-2)17-9-6-3/h4-9H2,1-3H3,(H,13,14). The maximum Gasteiger partial charge on any atom is 0.378 e. The van der Waals surface area contributed by atoms with Crippen LogP contribution in [0.4, 0.5) is 0 Å². The second-order valence-corrected chi connectivity index (χ2v) is 3.47. The third-order valence-electron chi connectivity index (χ3n) is 1.70. The summed E-state index contributed by atoms with van der Waals surface area (Å²) in [4.78, 5) is 11.0. The molecule has 0 amide bonds. The number of aliphatic carboxylic acids is 1. The predicted molar refractivity (Wildman–Crippen MR) is 63.4 cm³/mol. The monoisotopic (exact) mass is 246 g/mol. The first-order valence-corrected chi connectivity index (χ1v) is 6.03. The molecule has 17 heavy (non-hydrogen) atoms. The van der Waals surface area contributed by atoms with E-state index in [9.17, 15) is 4.79 Å². The van der Waals surface area contributed by atoms with Gasteiger partial charge in [0.25, 0.3) is 5.76 Å². The number of hydrogen-bond donors (Lipinski definition) is 1. The topological polar surface area (TPSA) is 65.0 Å². The normalized spacial score (nSPS) is 9.59. The van der Waals surface area contributed by atoms with Crippen molar-refractivity contribution in [3.63, 3.8) is 0 Å². The summed E-state index contributed by atoms with van der Waals surface area (Å²) in [5.74, 6) is -1.43. The van der Waals surface area contributed by atoms with Gasteiger partial charge in [-0.05, 0) is 19.3 Å². The minimum absolute atomic E-state index is 0.0188. The molecule has 0 aromatic carbocycles. The Balaban J connectivity index is 4.73. The van der Waals surface area contributed by atoms with Gasteiger partial charge in [-0.3, -0.25) is 0 Å². The predicted octanol–water partition coefficient (Wildman–Crippen LogP) is 2.52. The molecule has 0 aliphatic rings. The van der Waals surface area contributed by atoms with Crippen molar-refractivity contribution >= 4 is 5.97 Å². The molecule has 0 radical (unpaired) electrons. The van der Waals surface area contributed by atoms with Crippen molar-refractivity contribution < 1.29 is 24.1 Å². The molecule has 0 heterocycles. The van der Waals surface area contributed by atoms with Gasteiger partial charge < -0.3 is 19.3 Å². The summed E-state index contributed by atoms with van der Waals surface area (Å²) in [7, 11) is 0. The van der Waals surface area contributed by atoms with Gasteiger partial charge in [0.15, 0.2) is 0 Å². The van der Waals surface area contributed by atoms with Crippen LogP contribution in [0.15, 0.2) is 11.7 Å². The summed E-state index contributed by atoms with van der Waals surface area (Å²) in [5, 5.41) is 9.03. The van der Waals surface area contributed by atoms with Crippen LogP contribution < -0.4 is 0 Å². The van der Waals surface area contributed by atoms with Gasteiger partial charge >= 0.3 is 11.9 Å². The first-order valence-electron chi connectivity index (χ1n) is 6.03. The lowest BCUT2D eigenvalue weighted by Crippen LogP contribution is -2.14. The number of ether oxygens (including phenoxy) is 3. The van der Waals surface area contributed by atoms with Crippen LogP contribution in [0, 0.1) is 0 Å². The van der Waals surface area contributed by atoms with E-state index in [2.05, 4.69) is 0 Å². The van der Waals surface area contributed by atoms with E-state index < -0.39 is 5.97 Å². The fourth-order valence-corrected chi connectivity index (χ4v) is 0.974. The summed E-state index contributed by atoms with van der Waals surface area (Å²) in [6.07, 6.45) is 2.28. The zero-order valence-corrected chi connectivity index (χ0v) is 10.8. The molecule has 0 saturated heterocycles. The van der Waals surface area contributed by atoms with Crippen LogP contribution in [0.5, 0.6) is 0 Å². The molecule has 0 aliphatic carbocycles. The molecular formula is C12H22O5. The van der Waals surface area contributed by atoms with Crippen LogP contribution in [-0.2, 0) is 19.0 Å². The zero-order chi connectivity index (χ0) is 13.1. The molecule has 5 heteroatoms. The molecule has 0 aliphatic heterocycles. The van der Waals surface area contributed by atoms with Gasteiger partial charge in [0.1, 0.15) is 0 Å². The van der Waals surface area contributed by atoms with Crippen LogP contribution in [-0.4, -0.2) is 30.9 Å². The molecule has 0 fully saturated rings. The molecule has 0 saturated carbocycles. The minimum Gasteiger partial charge on any atom is -0.482 e. The van der Waals surface area contributed by atoms with Crippen LogP contribution in [0.2, 0.25) is 0 Å². The highest BCUT2D eigenvalue weighted by atomic mass is 16.7. The van der Waals surface area contributed by atoms with E-state index in [1.54, 1.807) is 0 Å². The lowest BCUT2D eigenvalue weighted by atomic mass is 10.4. The average Bonchev–Trinajstić information content (AvgIpc) is 2.31.